The Balaban J connectivity index is 2.26. The molecular weight excluding hydrogens is 292 g/mol. The lowest BCUT2D eigenvalue weighted by Gasteiger charge is -2.08. The summed E-state index contributed by atoms with van der Waals surface area (Å²) in [6.45, 7) is 1.91. The summed E-state index contributed by atoms with van der Waals surface area (Å²) in [7, 11) is 0. The molecule has 0 radical (unpaired) electrons. The molecule has 1 aromatic heterocycles. The highest BCUT2D eigenvalue weighted by Gasteiger charge is 2.13. The first-order chi connectivity index (χ1) is 11.1. The number of carbonyl (C=O) groups is 1. The summed E-state index contributed by atoms with van der Waals surface area (Å²) in [5.41, 5.74) is 12.0. The lowest BCUT2D eigenvalue weighted by molar-refractivity contribution is 0.0699. The molecule has 0 saturated heterocycles. The first kappa shape index (κ1) is 14.6. The quantitative estimate of drug-likeness (QED) is 0.425. The van der Waals surface area contributed by atoms with E-state index in [0.29, 0.717) is 27.8 Å². The van der Waals surface area contributed by atoms with Crippen LogP contribution in [0, 0.1) is 6.92 Å². The Morgan fingerprint density at radius 2 is 2.04 bits per heavy atom. The zero-order chi connectivity index (χ0) is 16.4. The van der Waals surface area contributed by atoms with Crippen LogP contribution in [0.15, 0.2) is 53.6 Å². The molecule has 2 aromatic carbocycles. The number of pyridine rings is 1. The lowest BCUT2D eigenvalue weighted by Crippen LogP contribution is -2.00. The summed E-state index contributed by atoms with van der Waals surface area (Å²) in [6.07, 6.45) is 0. The van der Waals surface area contributed by atoms with Crippen molar-refractivity contribution in [2.45, 2.75) is 6.92 Å². The highest BCUT2D eigenvalue weighted by molar-refractivity contribution is 6.04. The molecule has 0 aliphatic rings. The Morgan fingerprint density at radius 3 is 2.78 bits per heavy atom. The van der Waals surface area contributed by atoms with Crippen LogP contribution in [0.25, 0.3) is 32.6 Å². The van der Waals surface area contributed by atoms with Crippen molar-refractivity contribution in [2.75, 3.05) is 0 Å². The largest absolute Gasteiger partial charge is 0.478 e. The van der Waals surface area contributed by atoms with Crippen molar-refractivity contribution in [1.82, 2.24) is 4.98 Å². The van der Waals surface area contributed by atoms with Crippen molar-refractivity contribution in [2.24, 2.45) is 5.11 Å². The third kappa shape index (κ3) is 2.84. The molecule has 23 heavy (non-hydrogen) atoms. The summed E-state index contributed by atoms with van der Waals surface area (Å²) in [4.78, 5) is 18.9. The summed E-state index contributed by atoms with van der Waals surface area (Å²) in [5.74, 6) is -1.00. The molecule has 6 nitrogen and oxygen atoms in total. The molecule has 1 N–H and O–H groups in total. The molecule has 0 aliphatic heterocycles. The van der Waals surface area contributed by atoms with Crippen molar-refractivity contribution < 1.29 is 9.90 Å². The third-order valence-electron chi connectivity index (χ3n) is 3.50. The molecule has 1 heterocycles. The van der Waals surface area contributed by atoms with Crippen LogP contribution in [0.4, 0.5) is 5.69 Å². The number of rotatable bonds is 3. The predicted octanol–water partition coefficient (Wildman–Crippen LogP) is 4.85. The van der Waals surface area contributed by atoms with Crippen LogP contribution >= 0.6 is 0 Å². The van der Waals surface area contributed by atoms with Gasteiger partial charge in [0.1, 0.15) is 0 Å². The molecule has 0 aliphatic carbocycles. The second-order valence-corrected chi connectivity index (χ2v) is 5.12. The van der Waals surface area contributed by atoms with Gasteiger partial charge < -0.3 is 5.11 Å². The number of fused-ring (bicyclic) bond motifs is 1. The van der Waals surface area contributed by atoms with E-state index in [9.17, 15) is 9.90 Å². The van der Waals surface area contributed by atoms with Crippen molar-refractivity contribution in [3.63, 3.8) is 0 Å². The normalized spacial score (nSPS) is 10.3. The number of hydrogen-bond acceptors (Lipinski definition) is 3. The minimum atomic E-state index is -1.00. The second-order valence-electron chi connectivity index (χ2n) is 5.12. The molecule has 0 amide bonds. The fourth-order valence-corrected chi connectivity index (χ4v) is 2.44. The number of benzene rings is 2. The van der Waals surface area contributed by atoms with Crippen LogP contribution in [0.5, 0.6) is 0 Å². The molecule has 0 bridgehead atoms. The monoisotopic (exact) mass is 304 g/mol. The molecule has 3 rings (SSSR count). The van der Waals surface area contributed by atoms with Gasteiger partial charge in [0.25, 0.3) is 0 Å². The van der Waals surface area contributed by atoms with Crippen LogP contribution in [-0.4, -0.2) is 16.1 Å². The van der Waals surface area contributed by atoms with E-state index in [1.165, 1.54) is 0 Å². The molecule has 6 heteroatoms. The second kappa shape index (κ2) is 5.79. The van der Waals surface area contributed by atoms with Gasteiger partial charge in [-0.15, -0.1) is 0 Å². The number of aryl methyl sites for hydroxylation is 1. The molecule has 0 unspecified atom stereocenters. The van der Waals surface area contributed by atoms with Gasteiger partial charge in [0, 0.05) is 21.5 Å². The Hall–Kier alpha value is -3.37. The van der Waals surface area contributed by atoms with Crippen molar-refractivity contribution >= 4 is 22.6 Å². The molecule has 112 valence electrons. The van der Waals surface area contributed by atoms with E-state index in [4.69, 9.17) is 5.53 Å². The Bertz CT molecular complexity index is 975. The van der Waals surface area contributed by atoms with E-state index in [2.05, 4.69) is 15.0 Å². The van der Waals surface area contributed by atoms with Crippen LogP contribution in [-0.2, 0) is 0 Å². The van der Waals surface area contributed by atoms with Crippen LogP contribution in [0.2, 0.25) is 0 Å². The lowest BCUT2D eigenvalue weighted by atomic mass is 10.0. The number of aromatic nitrogens is 1. The fraction of sp³-hybridized carbons (Fsp3) is 0.0588. The number of nitrogens with zero attached hydrogens (tertiary/aromatic N) is 4. The van der Waals surface area contributed by atoms with Gasteiger partial charge in [0.2, 0.25) is 0 Å². The number of aromatic carboxylic acids is 1. The van der Waals surface area contributed by atoms with Crippen LogP contribution in [0.3, 0.4) is 0 Å². The van der Waals surface area contributed by atoms with Gasteiger partial charge in [-0.2, -0.15) is 0 Å². The van der Waals surface area contributed by atoms with E-state index < -0.39 is 5.97 Å². The van der Waals surface area contributed by atoms with Gasteiger partial charge in [-0.3, -0.25) is 0 Å². The third-order valence-corrected chi connectivity index (χ3v) is 3.50. The van der Waals surface area contributed by atoms with Crippen LogP contribution in [0.1, 0.15) is 15.9 Å². The molecule has 0 saturated carbocycles. The van der Waals surface area contributed by atoms with Gasteiger partial charge in [0.15, 0.2) is 0 Å². The summed E-state index contributed by atoms with van der Waals surface area (Å²) in [5, 5.41) is 13.7. The van der Waals surface area contributed by atoms with Gasteiger partial charge in [-0.25, -0.2) is 9.78 Å². The Morgan fingerprint density at radius 1 is 1.22 bits per heavy atom. The van der Waals surface area contributed by atoms with Gasteiger partial charge in [-0.1, -0.05) is 34.9 Å². The standard InChI is InChI=1S/C17H12N4O2/c1-10-5-6-15-13(7-10)14(17(22)23)9-16(19-15)11-3-2-4-12(8-11)20-21-18/h2-9H,1H3,(H,22,23). The Kier molecular flexibility index (Phi) is 3.66. The van der Waals surface area contributed by atoms with Crippen molar-refractivity contribution in [3.05, 3.63) is 70.1 Å². The summed E-state index contributed by atoms with van der Waals surface area (Å²) >= 11 is 0. The molecule has 0 fully saturated rings. The predicted molar refractivity (Wildman–Crippen MR) is 87.7 cm³/mol. The van der Waals surface area contributed by atoms with E-state index in [1.807, 2.05) is 19.1 Å². The van der Waals surface area contributed by atoms with Gasteiger partial charge in [0.05, 0.1) is 16.8 Å². The molecule has 3 aromatic rings. The number of carboxylic acids is 1. The maximum atomic E-state index is 11.6. The average molecular weight is 304 g/mol. The van der Waals surface area contributed by atoms with Gasteiger partial charge in [-0.05, 0) is 36.7 Å². The average Bonchev–Trinajstić information content (AvgIpc) is 2.54. The van der Waals surface area contributed by atoms with Crippen LogP contribution < -0.4 is 0 Å². The molecule has 0 spiro atoms. The maximum Gasteiger partial charge on any atom is 0.336 e. The summed E-state index contributed by atoms with van der Waals surface area (Å²) in [6, 6.07) is 13.9. The molecular formula is C17H12N4O2. The maximum absolute atomic E-state index is 11.6. The zero-order valence-electron chi connectivity index (χ0n) is 12.3. The van der Waals surface area contributed by atoms with E-state index in [-0.39, 0.29) is 5.56 Å². The number of azide groups is 1. The highest BCUT2D eigenvalue weighted by Crippen LogP contribution is 2.28. The Labute approximate surface area is 131 Å². The first-order valence-electron chi connectivity index (χ1n) is 6.89. The highest BCUT2D eigenvalue weighted by atomic mass is 16.4. The SMILES string of the molecule is Cc1ccc2nc(-c3cccc(N=[N+]=[N-])c3)cc(C(=O)O)c2c1. The number of carboxylic acid groups (broad SMARTS) is 1. The topological polar surface area (TPSA) is 99.0 Å². The molecule has 0 atom stereocenters. The van der Waals surface area contributed by atoms with E-state index in [0.717, 1.165) is 5.56 Å². The zero-order valence-corrected chi connectivity index (χ0v) is 12.3. The van der Waals surface area contributed by atoms with Crippen molar-refractivity contribution in [3.8, 4) is 11.3 Å². The minimum Gasteiger partial charge on any atom is -0.478 e. The fourth-order valence-electron chi connectivity index (χ4n) is 2.44. The first-order valence-corrected chi connectivity index (χ1v) is 6.89. The summed E-state index contributed by atoms with van der Waals surface area (Å²) < 4.78 is 0. The van der Waals surface area contributed by atoms with E-state index in [1.54, 1.807) is 36.4 Å². The van der Waals surface area contributed by atoms with Crippen molar-refractivity contribution in [1.29, 1.82) is 0 Å². The minimum absolute atomic E-state index is 0.197. The number of hydrogen-bond donors (Lipinski definition) is 1. The van der Waals surface area contributed by atoms with Gasteiger partial charge >= 0.3 is 5.97 Å². The van der Waals surface area contributed by atoms with E-state index >= 15 is 0 Å². The smallest absolute Gasteiger partial charge is 0.336 e.